The fraction of sp³-hybridized carbons (Fsp3) is 0.625. The van der Waals surface area contributed by atoms with Gasteiger partial charge in [0.25, 0.3) is 0 Å². The predicted octanol–water partition coefficient (Wildman–Crippen LogP) is 2.57. The Bertz CT molecular complexity index is 415. The zero-order chi connectivity index (χ0) is 13.1. The molecule has 1 N–H and O–H groups in total. The summed E-state index contributed by atoms with van der Waals surface area (Å²) in [6.07, 6.45) is 3.45. The van der Waals surface area contributed by atoms with Gasteiger partial charge in [-0.3, -0.25) is 0 Å². The fourth-order valence-corrected chi connectivity index (χ4v) is 3.58. The van der Waals surface area contributed by atoms with Crippen LogP contribution < -0.4 is 10.1 Å². The number of hydrogen-bond acceptors (Lipinski definition) is 3. The van der Waals surface area contributed by atoms with Crippen molar-refractivity contribution in [2.45, 2.75) is 31.2 Å². The van der Waals surface area contributed by atoms with E-state index >= 15 is 0 Å². The SMILES string of the molecule is CNC(C1CCOCC1)C1CCOc2ccccc21. The lowest BCUT2D eigenvalue weighted by Gasteiger charge is -2.38. The lowest BCUT2D eigenvalue weighted by molar-refractivity contribution is 0.0484. The molecule has 1 aromatic rings. The highest BCUT2D eigenvalue weighted by Gasteiger charge is 2.33. The van der Waals surface area contributed by atoms with E-state index in [1.165, 1.54) is 18.4 Å². The summed E-state index contributed by atoms with van der Waals surface area (Å²) in [4.78, 5) is 0. The van der Waals surface area contributed by atoms with Gasteiger partial charge >= 0.3 is 0 Å². The molecule has 0 saturated carbocycles. The minimum Gasteiger partial charge on any atom is -0.493 e. The average molecular weight is 261 g/mol. The molecule has 0 spiro atoms. The third kappa shape index (κ3) is 2.63. The summed E-state index contributed by atoms with van der Waals surface area (Å²) in [5.41, 5.74) is 1.37. The summed E-state index contributed by atoms with van der Waals surface area (Å²) >= 11 is 0. The van der Waals surface area contributed by atoms with Crippen LogP contribution in [0.2, 0.25) is 0 Å². The molecule has 2 aliphatic heterocycles. The maximum atomic E-state index is 5.78. The van der Waals surface area contributed by atoms with Crippen molar-refractivity contribution in [1.82, 2.24) is 5.32 Å². The molecular formula is C16H23NO2. The molecule has 0 aliphatic carbocycles. The lowest BCUT2D eigenvalue weighted by atomic mass is 9.77. The molecule has 0 amide bonds. The summed E-state index contributed by atoms with van der Waals surface area (Å²) in [5.74, 6) is 2.36. The van der Waals surface area contributed by atoms with Gasteiger partial charge in [0.05, 0.1) is 6.61 Å². The first-order valence-corrected chi connectivity index (χ1v) is 7.37. The van der Waals surface area contributed by atoms with Gasteiger partial charge in [0, 0.05) is 25.2 Å². The number of fused-ring (bicyclic) bond motifs is 1. The number of benzene rings is 1. The normalized spacial score (nSPS) is 25.4. The van der Waals surface area contributed by atoms with Crippen molar-refractivity contribution < 1.29 is 9.47 Å². The molecule has 2 atom stereocenters. The maximum absolute atomic E-state index is 5.78. The summed E-state index contributed by atoms with van der Waals surface area (Å²) < 4.78 is 11.3. The molecule has 3 rings (SSSR count). The summed E-state index contributed by atoms with van der Waals surface area (Å²) in [5, 5.41) is 3.57. The van der Waals surface area contributed by atoms with E-state index in [9.17, 15) is 0 Å². The minimum atomic E-state index is 0.536. The lowest BCUT2D eigenvalue weighted by Crippen LogP contribution is -2.43. The first-order chi connectivity index (χ1) is 9.40. The van der Waals surface area contributed by atoms with E-state index in [1.54, 1.807) is 0 Å². The Morgan fingerprint density at radius 1 is 1.11 bits per heavy atom. The van der Waals surface area contributed by atoms with Crippen LogP contribution in [0.4, 0.5) is 0 Å². The molecule has 104 valence electrons. The number of para-hydroxylation sites is 1. The first kappa shape index (κ1) is 12.9. The number of hydrogen-bond donors (Lipinski definition) is 1. The van der Waals surface area contributed by atoms with Crippen LogP contribution in [0.5, 0.6) is 5.75 Å². The van der Waals surface area contributed by atoms with Crippen LogP contribution >= 0.6 is 0 Å². The second-order valence-corrected chi connectivity index (χ2v) is 5.55. The van der Waals surface area contributed by atoms with Crippen molar-refractivity contribution in [1.29, 1.82) is 0 Å². The molecule has 1 fully saturated rings. The smallest absolute Gasteiger partial charge is 0.122 e. The molecule has 3 heteroatoms. The molecular weight excluding hydrogens is 238 g/mol. The first-order valence-electron chi connectivity index (χ1n) is 7.37. The van der Waals surface area contributed by atoms with Gasteiger partial charge in [-0.1, -0.05) is 18.2 Å². The van der Waals surface area contributed by atoms with Crippen LogP contribution in [0.25, 0.3) is 0 Å². The fourth-order valence-electron chi connectivity index (χ4n) is 3.58. The van der Waals surface area contributed by atoms with E-state index in [4.69, 9.17) is 9.47 Å². The molecule has 2 unspecified atom stereocenters. The van der Waals surface area contributed by atoms with Crippen LogP contribution in [0.15, 0.2) is 24.3 Å². The Balaban J connectivity index is 1.83. The van der Waals surface area contributed by atoms with E-state index < -0.39 is 0 Å². The third-order valence-electron chi connectivity index (χ3n) is 4.55. The summed E-state index contributed by atoms with van der Waals surface area (Å²) in [6.45, 7) is 2.66. The van der Waals surface area contributed by atoms with E-state index in [0.717, 1.165) is 37.9 Å². The van der Waals surface area contributed by atoms with Crippen molar-refractivity contribution in [3.8, 4) is 5.75 Å². The van der Waals surface area contributed by atoms with Crippen LogP contribution in [0.1, 0.15) is 30.7 Å². The second-order valence-electron chi connectivity index (χ2n) is 5.55. The molecule has 2 heterocycles. The molecule has 0 aromatic heterocycles. The van der Waals surface area contributed by atoms with Crippen LogP contribution in [-0.2, 0) is 4.74 Å². The average Bonchev–Trinajstić information content (AvgIpc) is 2.49. The molecule has 3 nitrogen and oxygen atoms in total. The summed E-state index contributed by atoms with van der Waals surface area (Å²) in [6, 6.07) is 9.04. The Morgan fingerprint density at radius 2 is 1.89 bits per heavy atom. The highest BCUT2D eigenvalue weighted by atomic mass is 16.5. The topological polar surface area (TPSA) is 30.5 Å². The van der Waals surface area contributed by atoms with Crippen molar-refractivity contribution in [3.05, 3.63) is 29.8 Å². The molecule has 19 heavy (non-hydrogen) atoms. The van der Waals surface area contributed by atoms with Gasteiger partial charge in [-0.05, 0) is 43.9 Å². The quantitative estimate of drug-likeness (QED) is 0.907. The van der Waals surface area contributed by atoms with Gasteiger partial charge < -0.3 is 14.8 Å². The van der Waals surface area contributed by atoms with Crippen molar-refractivity contribution in [2.75, 3.05) is 26.9 Å². The number of likely N-dealkylation sites (N-methyl/N-ethyl adjacent to an activating group) is 1. The molecule has 1 saturated heterocycles. The number of nitrogens with one attached hydrogen (secondary N) is 1. The van der Waals surface area contributed by atoms with E-state index in [0.29, 0.717) is 12.0 Å². The summed E-state index contributed by atoms with van der Waals surface area (Å²) in [7, 11) is 2.10. The zero-order valence-corrected chi connectivity index (χ0v) is 11.6. The van der Waals surface area contributed by atoms with Crippen LogP contribution in [-0.4, -0.2) is 32.9 Å². The van der Waals surface area contributed by atoms with Gasteiger partial charge in [0.1, 0.15) is 5.75 Å². The monoisotopic (exact) mass is 261 g/mol. The molecule has 0 radical (unpaired) electrons. The standard InChI is InChI=1S/C16H23NO2/c1-17-16(12-6-9-18-10-7-12)14-8-11-19-15-5-3-2-4-13(14)15/h2-5,12,14,16-17H,6-11H2,1H3. The highest BCUT2D eigenvalue weighted by Crippen LogP contribution is 2.39. The number of ether oxygens (including phenoxy) is 2. The van der Waals surface area contributed by atoms with E-state index in [-0.39, 0.29) is 0 Å². The Kier molecular flexibility index (Phi) is 4.04. The highest BCUT2D eigenvalue weighted by molar-refractivity contribution is 5.38. The van der Waals surface area contributed by atoms with Crippen LogP contribution in [0, 0.1) is 5.92 Å². The minimum absolute atomic E-state index is 0.536. The molecule has 2 aliphatic rings. The maximum Gasteiger partial charge on any atom is 0.122 e. The Labute approximate surface area is 115 Å². The number of rotatable bonds is 3. The second kappa shape index (κ2) is 5.93. The predicted molar refractivity (Wildman–Crippen MR) is 75.7 cm³/mol. The van der Waals surface area contributed by atoms with Crippen LogP contribution in [0.3, 0.4) is 0 Å². The zero-order valence-electron chi connectivity index (χ0n) is 11.6. The Morgan fingerprint density at radius 3 is 2.68 bits per heavy atom. The van der Waals surface area contributed by atoms with Gasteiger partial charge in [0.15, 0.2) is 0 Å². The van der Waals surface area contributed by atoms with Gasteiger partial charge in [-0.25, -0.2) is 0 Å². The van der Waals surface area contributed by atoms with Crippen molar-refractivity contribution >= 4 is 0 Å². The molecule has 1 aromatic carbocycles. The largest absolute Gasteiger partial charge is 0.493 e. The van der Waals surface area contributed by atoms with Crippen molar-refractivity contribution in [3.63, 3.8) is 0 Å². The third-order valence-corrected chi connectivity index (χ3v) is 4.55. The van der Waals surface area contributed by atoms with Gasteiger partial charge in [0.2, 0.25) is 0 Å². The Hall–Kier alpha value is -1.06. The van der Waals surface area contributed by atoms with Gasteiger partial charge in [-0.15, -0.1) is 0 Å². The van der Waals surface area contributed by atoms with E-state index in [1.807, 2.05) is 0 Å². The van der Waals surface area contributed by atoms with Gasteiger partial charge in [-0.2, -0.15) is 0 Å². The molecule has 0 bridgehead atoms. The van der Waals surface area contributed by atoms with E-state index in [2.05, 4.69) is 36.6 Å². The van der Waals surface area contributed by atoms with Crippen molar-refractivity contribution in [2.24, 2.45) is 5.92 Å².